The lowest BCUT2D eigenvalue weighted by Crippen LogP contribution is -2.27. The molecule has 1 rings (SSSR count). The Balaban J connectivity index is 2.90. The first-order valence-corrected chi connectivity index (χ1v) is 6.92. The summed E-state index contributed by atoms with van der Waals surface area (Å²) in [5.41, 5.74) is 1.65. The van der Waals surface area contributed by atoms with Crippen LogP contribution >= 0.6 is 0 Å². The van der Waals surface area contributed by atoms with Crippen LogP contribution in [0.4, 0.5) is 10.1 Å². The summed E-state index contributed by atoms with van der Waals surface area (Å²) < 4.78 is 19.4. The highest BCUT2D eigenvalue weighted by Crippen LogP contribution is 2.28. The van der Waals surface area contributed by atoms with Gasteiger partial charge in [-0.15, -0.1) is 0 Å². The van der Waals surface area contributed by atoms with E-state index in [9.17, 15) is 4.39 Å². The van der Waals surface area contributed by atoms with Gasteiger partial charge in [0.25, 0.3) is 0 Å². The van der Waals surface area contributed by atoms with Crippen LogP contribution in [0, 0.1) is 5.82 Å². The molecule has 0 aliphatic carbocycles. The van der Waals surface area contributed by atoms with Gasteiger partial charge in [-0.3, -0.25) is 0 Å². The number of halogens is 1. The summed E-state index contributed by atoms with van der Waals surface area (Å²) in [5, 5.41) is 3.33. The van der Waals surface area contributed by atoms with Gasteiger partial charge in [0.15, 0.2) is 0 Å². The first-order chi connectivity index (χ1) is 9.11. The SMILES string of the molecule is CCNC(C)c1cccc(F)c1N(C)CCOCC. The summed E-state index contributed by atoms with van der Waals surface area (Å²) in [4.78, 5) is 1.92. The van der Waals surface area contributed by atoms with Crippen LogP contribution < -0.4 is 10.2 Å². The minimum absolute atomic E-state index is 0.130. The van der Waals surface area contributed by atoms with Gasteiger partial charge in [0, 0.05) is 26.2 Å². The molecular formula is C15H25FN2O. The van der Waals surface area contributed by atoms with E-state index >= 15 is 0 Å². The minimum atomic E-state index is -0.179. The molecule has 108 valence electrons. The van der Waals surface area contributed by atoms with Crippen molar-refractivity contribution in [2.75, 3.05) is 38.3 Å². The van der Waals surface area contributed by atoms with Crippen molar-refractivity contribution >= 4 is 5.69 Å². The zero-order chi connectivity index (χ0) is 14.3. The highest BCUT2D eigenvalue weighted by Gasteiger charge is 2.16. The number of nitrogens with zero attached hydrogens (tertiary/aromatic N) is 1. The number of likely N-dealkylation sites (N-methyl/N-ethyl adjacent to an activating group) is 1. The molecule has 4 heteroatoms. The molecule has 1 aromatic rings. The minimum Gasteiger partial charge on any atom is -0.380 e. The fourth-order valence-corrected chi connectivity index (χ4v) is 2.16. The van der Waals surface area contributed by atoms with Crippen LogP contribution in [-0.2, 0) is 4.74 Å². The zero-order valence-corrected chi connectivity index (χ0v) is 12.4. The van der Waals surface area contributed by atoms with Gasteiger partial charge in [-0.25, -0.2) is 4.39 Å². The summed E-state index contributed by atoms with van der Waals surface area (Å²) in [6.45, 7) is 8.90. The molecule has 0 aliphatic heterocycles. The molecule has 0 amide bonds. The van der Waals surface area contributed by atoms with Crippen molar-refractivity contribution < 1.29 is 9.13 Å². The van der Waals surface area contributed by atoms with Gasteiger partial charge >= 0.3 is 0 Å². The predicted molar refractivity (Wildman–Crippen MR) is 78.3 cm³/mol. The van der Waals surface area contributed by atoms with Crippen LogP contribution in [0.25, 0.3) is 0 Å². The molecule has 1 aromatic carbocycles. The van der Waals surface area contributed by atoms with E-state index in [4.69, 9.17) is 4.74 Å². The molecule has 0 saturated carbocycles. The summed E-state index contributed by atoms with van der Waals surface area (Å²) in [6, 6.07) is 5.38. The van der Waals surface area contributed by atoms with Gasteiger partial charge in [-0.2, -0.15) is 0 Å². The van der Waals surface area contributed by atoms with E-state index in [2.05, 4.69) is 12.2 Å². The molecular weight excluding hydrogens is 243 g/mol. The van der Waals surface area contributed by atoms with Crippen molar-refractivity contribution in [1.29, 1.82) is 0 Å². The average Bonchev–Trinajstić information content (AvgIpc) is 2.38. The molecule has 3 nitrogen and oxygen atoms in total. The standard InChI is InChI=1S/C15H25FN2O/c1-5-17-12(3)13-8-7-9-14(16)15(13)18(4)10-11-19-6-2/h7-9,12,17H,5-6,10-11H2,1-4H3. The van der Waals surface area contributed by atoms with Crippen LogP contribution in [-0.4, -0.2) is 33.4 Å². The third-order valence-corrected chi connectivity index (χ3v) is 3.15. The highest BCUT2D eigenvalue weighted by atomic mass is 19.1. The fourth-order valence-electron chi connectivity index (χ4n) is 2.16. The third kappa shape index (κ3) is 4.48. The van der Waals surface area contributed by atoms with Gasteiger partial charge in [-0.05, 0) is 32.0 Å². The molecule has 0 saturated heterocycles. The first-order valence-electron chi connectivity index (χ1n) is 6.92. The van der Waals surface area contributed by atoms with Gasteiger partial charge < -0.3 is 15.0 Å². The summed E-state index contributed by atoms with van der Waals surface area (Å²) in [5.74, 6) is -0.179. The largest absolute Gasteiger partial charge is 0.380 e. The van der Waals surface area contributed by atoms with Crippen LogP contribution in [0.5, 0.6) is 0 Å². The maximum absolute atomic E-state index is 14.1. The lowest BCUT2D eigenvalue weighted by atomic mass is 10.0. The second kappa shape index (κ2) is 8.12. The lowest BCUT2D eigenvalue weighted by molar-refractivity contribution is 0.154. The second-order valence-electron chi connectivity index (χ2n) is 4.58. The molecule has 1 atom stereocenters. The second-order valence-corrected chi connectivity index (χ2v) is 4.58. The smallest absolute Gasteiger partial charge is 0.146 e. The van der Waals surface area contributed by atoms with Crippen LogP contribution in [0.3, 0.4) is 0 Å². The number of para-hydroxylation sites is 1. The Morgan fingerprint density at radius 1 is 1.37 bits per heavy atom. The number of ether oxygens (including phenoxy) is 1. The van der Waals surface area contributed by atoms with Gasteiger partial charge in [-0.1, -0.05) is 19.1 Å². The van der Waals surface area contributed by atoms with Crippen LogP contribution in [0.1, 0.15) is 32.4 Å². The maximum atomic E-state index is 14.1. The van der Waals surface area contributed by atoms with E-state index in [-0.39, 0.29) is 11.9 Å². The number of nitrogens with one attached hydrogen (secondary N) is 1. The highest BCUT2D eigenvalue weighted by molar-refractivity contribution is 5.55. The summed E-state index contributed by atoms with van der Waals surface area (Å²) >= 11 is 0. The van der Waals surface area contributed by atoms with Gasteiger partial charge in [0.1, 0.15) is 5.82 Å². The van der Waals surface area contributed by atoms with E-state index < -0.39 is 0 Å². The van der Waals surface area contributed by atoms with Crippen LogP contribution in [0.2, 0.25) is 0 Å². The Hall–Kier alpha value is -1.13. The molecule has 0 fully saturated rings. The van der Waals surface area contributed by atoms with E-state index in [1.807, 2.05) is 31.9 Å². The number of hydrogen-bond acceptors (Lipinski definition) is 3. The molecule has 1 N–H and O–H groups in total. The van der Waals surface area contributed by atoms with E-state index in [0.717, 1.165) is 12.1 Å². The molecule has 0 aromatic heterocycles. The van der Waals surface area contributed by atoms with Crippen molar-refractivity contribution in [3.05, 3.63) is 29.6 Å². The molecule has 0 spiro atoms. The average molecular weight is 268 g/mol. The van der Waals surface area contributed by atoms with E-state index in [0.29, 0.717) is 25.4 Å². The molecule has 0 heterocycles. The van der Waals surface area contributed by atoms with Crippen molar-refractivity contribution in [1.82, 2.24) is 5.32 Å². The number of anilines is 1. The number of benzene rings is 1. The van der Waals surface area contributed by atoms with E-state index in [1.165, 1.54) is 6.07 Å². The lowest BCUT2D eigenvalue weighted by Gasteiger charge is -2.26. The Morgan fingerprint density at radius 3 is 2.74 bits per heavy atom. The first kappa shape index (κ1) is 15.9. The van der Waals surface area contributed by atoms with Crippen molar-refractivity contribution in [2.24, 2.45) is 0 Å². The van der Waals surface area contributed by atoms with Gasteiger partial charge in [0.2, 0.25) is 0 Å². The number of hydrogen-bond donors (Lipinski definition) is 1. The number of rotatable bonds is 8. The quantitative estimate of drug-likeness (QED) is 0.734. The summed E-state index contributed by atoms with van der Waals surface area (Å²) in [6.07, 6.45) is 0. The Bertz CT molecular complexity index is 384. The van der Waals surface area contributed by atoms with Crippen molar-refractivity contribution in [2.45, 2.75) is 26.8 Å². The monoisotopic (exact) mass is 268 g/mol. The molecule has 0 radical (unpaired) electrons. The Kier molecular flexibility index (Phi) is 6.81. The van der Waals surface area contributed by atoms with E-state index in [1.54, 1.807) is 6.07 Å². The summed E-state index contributed by atoms with van der Waals surface area (Å²) in [7, 11) is 1.90. The predicted octanol–water partition coefficient (Wildman–Crippen LogP) is 2.97. The Labute approximate surface area is 115 Å². The third-order valence-electron chi connectivity index (χ3n) is 3.15. The van der Waals surface area contributed by atoms with Gasteiger partial charge in [0.05, 0.1) is 12.3 Å². The molecule has 0 aliphatic rings. The molecule has 1 unspecified atom stereocenters. The van der Waals surface area contributed by atoms with Crippen LogP contribution in [0.15, 0.2) is 18.2 Å². The zero-order valence-electron chi connectivity index (χ0n) is 12.4. The fraction of sp³-hybridized carbons (Fsp3) is 0.600. The van der Waals surface area contributed by atoms with Crippen molar-refractivity contribution in [3.8, 4) is 0 Å². The maximum Gasteiger partial charge on any atom is 0.146 e. The molecule has 0 bridgehead atoms. The normalized spacial score (nSPS) is 12.5. The van der Waals surface area contributed by atoms with Crippen molar-refractivity contribution in [3.63, 3.8) is 0 Å². The Morgan fingerprint density at radius 2 is 2.11 bits per heavy atom. The molecule has 19 heavy (non-hydrogen) atoms. The topological polar surface area (TPSA) is 24.5 Å².